The molecular formula is C23H33FIN5O2. The van der Waals surface area contributed by atoms with E-state index < -0.39 is 0 Å². The van der Waals surface area contributed by atoms with E-state index in [0.29, 0.717) is 30.1 Å². The second-order valence-electron chi connectivity index (χ2n) is 7.82. The van der Waals surface area contributed by atoms with Crippen molar-refractivity contribution >= 4 is 29.9 Å². The molecule has 1 aromatic heterocycles. The molecule has 1 fully saturated rings. The zero-order valence-corrected chi connectivity index (χ0v) is 21.2. The SMILES string of the molecule is CN=C(NCc1ccnc(Oc2ccc(F)cc2)c1)NCC(C(C)C)N1CCOCC1.I. The molecule has 176 valence electrons. The normalized spacial score (nSPS) is 15.7. The summed E-state index contributed by atoms with van der Waals surface area (Å²) in [5, 5.41) is 6.80. The molecule has 0 spiro atoms. The lowest BCUT2D eigenvalue weighted by molar-refractivity contribution is 0.00752. The Bertz CT molecular complexity index is 845. The van der Waals surface area contributed by atoms with E-state index in [1.807, 2.05) is 12.1 Å². The molecule has 3 rings (SSSR count). The molecule has 9 heteroatoms. The zero-order valence-electron chi connectivity index (χ0n) is 18.9. The van der Waals surface area contributed by atoms with Crippen LogP contribution in [0.25, 0.3) is 0 Å². The molecule has 1 saturated heterocycles. The highest BCUT2D eigenvalue weighted by molar-refractivity contribution is 14.0. The minimum atomic E-state index is -0.300. The summed E-state index contributed by atoms with van der Waals surface area (Å²) >= 11 is 0. The molecule has 2 N–H and O–H groups in total. The summed E-state index contributed by atoms with van der Waals surface area (Å²) in [5.74, 6) is 1.97. The average molecular weight is 557 g/mol. The van der Waals surface area contributed by atoms with Gasteiger partial charge in [0, 0.05) is 51.5 Å². The second kappa shape index (κ2) is 13.5. The summed E-state index contributed by atoms with van der Waals surface area (Å²) in [4.78, 5) is 11.1. The van der Waals surface area contributed by atoms with E-state index in [1.54, 1.807) is 25.4 Å². The molecule has 1 unspecified atom stereocenters. The van der Waals surface area contributed by atoms with Crippen LogP contribution in [0, 0.1) is 11.7 Å². The molecule has 1 aromatic carbocycles. The number of rotatable bonds is 8. The Morgan fingerprint density at radius 2 is 1.91 bits per heavy atom. The smallest absolute Gasteiger partial charge is 0.219 e. The molecule has 2 aromatic rings. The third-order valence-corrected chi connectivity index (χ3v) is 5.28. The quantitative estimate of drug-likeness (QED) is 0.294. The van der Waals surface area contributed by atoms with Crippen molar-refractivity contribution in [2.45, 2.75) is 26.4 Å². The van der Waals surface area contributed by atoms with Gasteiger partial charge in [0.15, 0.2) is 5.96 Å². The number of pyridine rings is 1. The highest BCUT2D eigenvalue weighted by Crippen LogP contribution is 2.20. The van der Waals surface area contributed by atoms with Crippen molar-refractivity contribution in [1.82, 2.24) is 20.5 Å². The molecule has 7 nitrogen and oxygen atoms in total. The van der Waals surface area contributed by atoms with Crippen LogP contribution < -0.4 is 15.4 Å². The lowest BCUT2D eigenvalue weighted by Crippen LogP contribution is -2.52. The fourth-order valence-corrected chi connectivity index (χ4v) is 3.54. The van der Waals surface area contributed by atoms with Crippen LogP contribution >= 0.6 is 24.0 Å². The van der Waals surface area contributed by atoms with E-state index in [4.69, 9.17) is 9.47 Å². The van der Waals surface area contributed by atoms with Gasteiger partial charge in [-0.05, 0) is 41.8 Å². The molecule has 0 saturated carbocycles. The van der Waals surface area contributed by atoms with Gasteiger partial charge in [0.25, 0.3) is 0 Å². The van der Waals surface area contributed by atoms with Crippen molar-refractivity contribution in [2.75, 3.05) is 39.9 Å². The van der Waals surface area contributed by atoms with Crippen LogP contribution in [0.5, 0.6) is 11.6 Å². The van der Waals surface area contributed by atoms with Gasteiger partial charge in [-0.15, -0.1) is 24.0 Å². The van der Waals surface area contributed by atoms with E-state index in [-0.39, 0.29) is 29.8 Å². The van der Waals surface area contributed by atoms with Gasteiger partial charge in [0.05, 0.1) is 13.2 Å². The predicted octanol–water partition coefficient (Wildman–Crippen LogP) is 3.65. The Morgan fingerprint density at radius 1 is 1.19 bits per heavy atom. The molecule has 0 aliphatic carbocycles. The van der Waals surface area contributed by atoms with Crippen molar-refractivity contribution in [1.29, 1.82) is 0 Å². The number of aromatic nitrogens is 1. The number of hydrogen-bond acceptors (Lipinski definition) is 5. The highest BCUT2D eigenvalue weighted by atomic mass is 127. The Labute approximate surface area is 206 Å². The first-order valence-corrected chi connectivity index (χ1v) is 10.7. The lowest BCUT2D eigenvalue weighted by atomic mass is 10.0. The van der Waals surface area contributed by atoms with Crippen molar-refractivity contribution in [2.24, 2.45) is 10.9 Å². The van der Waals surface area contributed by atoms with E-state index >= 15 is 0 Å². The van der Waals surface area contributed by atoms with Crippen LogP contribution in [-0.4, -0.2) is 61.8 Å². The molecule has 0 radical (unpaired) electrons. The number of benzene rings is 1. The molecule has 1 aliphatic rings. The second-order valence-corrected chi connectivity index (χ2v) is 7.82. The standard InChI is InChI=1S/C23H32FN5O2.HI/c1-17(2)21(29-10-12-30-13-11-29)16-28-23(25-3)27-15-18-8-9-26-22(14-18)31-20-6-4-19(24)5-7-20;/h4-9,14,17,21H,10-13,15-16H2,1-3H3,(H2,25,27,28);1H. The first-order chi connectivity index (χ1) is 15.0. The number of nitrogens with zero attached hydrogens (tertiary/aromatic N) is 3. The van der Waals surface area contributed by atoms with Crippen LogP contribution in [0.4, 0.5) is 4.39 Å². The minimum absolute atomic E-state index is 0. The number of nitrogens with one attached hydrogen (secondary N) is 2. The number of ether oxygens (including phenoxy) is 2. The van der Waals surface area contributed by atoms with Gasteiger partial charge < -0.3 is 20.1 Å². The maximum Gasteiger partial charge on any atom is 0.219 e. The number of halogens is 2. The molecule has 32 heavy (non-hydrogen) atoms. The van der Waals surface area contributed by atoms with E-state index in [1.165, 1.54) is 12.1 Å². The summed E-state index contributed by atoms with van der Waals surface area (Å²) in [6, 6.07) is 10.1. The third-order valence-electron chi connectivity index (χ3n) is 5.28. The molecule has 0 amide bonds. The number of hydrogen-bond donors (Lipinski definition) is 2. The van der Waals surface area contributed by atoms with Crippen LogP contribution in [0.2, 0.25) is 0 Å². The van der Waals surface area contributed by atoms with E-state index in [9.17, 15) is 4.39 Å². The number of aliphatic imine (C=N–C) groups is 1. The maximum atomic E-state index is 13.1. The Hall–Kier alpha value is -1.98. The lowest BCUT2D eigenvalue weighted by Gasteiger charge is -2.37. The van der Waals surface area contributed by atoms with Gasteiger partial charge in [-0.3, -0.25) is 9.89 Å². The van der Waals surface area contributed by atoms with Gasteiger partial charge in [-0.2, -0.15) is 0 Å². The number of morpholine rings is 1. The monoisotopic (exact) mass is 557 g/mol. The third kappa shape index (κ3) is 8.18. The fourth-order valence-electron chi connectivity index (χ4n) is 3.54. The average Bonchev–Trinajstić information content (AvgIpc) is 2.78. The minimum Gasteiger partial charge on any atom is -0.439 e. The van der Waals surface area contributed by atoms with Crippen molar-refractivity contribution in [3.05, 3.63) is 54.0 Å². The van der Waals surface area contributed by atoms with Gasteiger partial charge in [-0.25, -0.2) is 9.37 Å². The van der Waals surface area contributed by atoms with E-state index in [0.717, 1.165) is 44.4 Å². The predicted molar refractivity (Wildman–Crippen MR) is 135 cm³/mol. The largest absolute Gasteiger partial charge is 0.439 e. The molecule has 1 atom stereocenters. The Morgan fingerprint density at radius 3 is 2.56 bits per heavy atom. The fraction of sp³-hybridized carbons (Fsp3) is 0.478. The Kier molecular flexibility index (Phi) is 11.1. The summed E-state index contributed by atoms with van der Waals surface area (Å²) in [6.07, 6.45) is 1.69. The Balaban J connectivity index is 0.00000363. The van der Waals surface area contributed by atoms with Crippen molar-refractivity contribution in [3.8, 4) is 11.6 Å². The first-order valence-electron chi connectivity index (χ1n) is 10.7. The molecular weight excluding hydrogens is 524 g/mol. The van der Waals surface area contributed by atoms with Gasteiger partial charge >= 0.3 is 0 Å². The van der Waals surface area contributed by atoms with Crippen molar-refractivity contribution < 1.29 is 13.9 Å². The summed E-state index contributed by atoms with van der Waals surface area (Å²) in [7, 11) is 1.77. The van der Waals surface area contributed by atoms with E-state index in [2.05, 4.69) is 39.4 Å². The summed E-state index contributed by atoms with van der Waals surface area (Å²) in [6.45, 7) is 9.39. The van der Waals surface area contributed by atoms with Crippen LogP contribution in [0.1, 0.15) is 19.4 Å². The van der Waals surface area contributed by atoms with Gasteiger partial charge in [-0.1, -0.05) is 13.8 Å². The topological polar surface area (TPSA) is 71.0 Å². The highest BCUT2D eigenvalue weighted by Gasteiger charge is 2.23. The summed E-state index contributed by atoms with van der Waals surface area (Å²) in [5.41, 5.74) is 1.00. The maximum absolute atomic E-state index is 13.1. The van der Waals surface area contributed by atoms with Crippen LogP contribution in [0.3, 0.4) is 0 Å². The van der Waals surface area contributed by atoms with Gasteiger partial charge in [0.1, 0.15) is 11.6 Å². The van der Waals surface area contributed by atoms with Crippen LogP contribution in [0.15, 0.2) is 47.6 Å². The van der Waals surface area contributed by atoms with Gasteiger partial charge in [0.2, 0.25) is 5.88 Å². The number of guanidine groups is 1. The molecule has 0 bridgehead atoms. The molecule has 1 aliphatic heterocycles. The first kappa shape index (κ1) is 26.3. The van der Waals surface area contributed by atoms with Crippen LogP contribution in [-0.2, 0) is 11.3 Å². The molecule has 2 heterocycles. The van der Waals surface area contributed by atoms with Crippen molar-refractivity contribution in [3.63, 3.8) is 0 Å². The summed E-state index contributed by atoms with van der Waals surface area (Å²) < 4.78 is 24.3. The zero-order chi connectivity index (χ0) is 22.1.